The molecule has 102 valence electrons. The highest BCUT2D eigenvalue weighted by atomic mass is 15.2. The summed E-state index contributed by atoms with van der Waals surface area (Å²) in [6.45, 7) is 13.5. The van der Waals surface area contributed by atoms with Crippen LogP contribution in [0, 0.1) is 5.41 Å². The number of likely N-dealkylation sites (N-methyl/N-ethyl adjacent to an activating group) is 1. The Hall–Kier alpha value is -0.0800. The van der Waals surface area contributed by atoms with E-state index in [-0.39, 0.29) is 0 Å². The molecule has 0 radical (unpaired) electrons. The van der Waals surface area contributed by atoms with E-state index in [1.807, 2.05) is 0 Å². The van der Waals surface area contributed by atoms with E-state index >= 15 is 0 Å². The molecule has 0 atom stereocenters. The normalized spacial score (nSPS) is 19.8. The maximum absolute atomic E-state index is 2.66. The average molecular weight is 240 g/mol. The predicted octanol–water partition coefficient (Wildman–Crippen LogP) is 3.23. The van der Waals surface area contributed by atoms with E-state index in [9.17, 15) is 0 Å². The lowest BCUT2D eigenvalue weighted by atomic mass is 9.78. The molecular weight excluding hydrogens is 208 g/mol. The minimum Gasteiger partial charge on any atom is -0.304 e. The lowest BCUT2D eigenvalue weighted by Crippen LogP contribution is -2.45. The van der Waals surface area contributed by atoms with Crippen molar-refractivity contribution >= 4 is 0 Å². The van der Waals surface area contributed by atoms with Gasteiger partial charge in [0.05, 0.1) is 0 Å². The maximum Gasteiger partial charge on any atom is 0.0110 e. The highest BCUT2D eigenvalue weighted by Gasteiger charge is 2.23. The van der Waals surface area contributed by atoms with Crippen molar-refractivity contribution in [1.82, 2.24) is 9.80 Å². The van der Waals surface area contributed by atoms with Crippen LogP contribution in [-0.2, 0) is 0 Å². The Morgan fingerprint density at radius 3 is 1.88 bits per heavy atom. The summed E-state index contributed by atoms with van der Waals surface area (Å²) in [7, 11) is 2.23. The summed E-state index contributed by atoms with van der Waals surface area (Å²) in [6, 6.07) is 0. The van der Waals surface area contributed by atoms with Gasteiger partial charge in [-0.15, -0.1) is 0 Å². The van der Waals surface area contributed by atoms with Gasteiger partial charge in [0.15, 0.2) is 0 Å². The zero-order chi connectivity index (χ0) is 12.7. The lowest BCUT2D eigenvalue weighted by Gasteiger charge is -2.36. The van der Waals surface area contributed by atoms with Crippen LogP contribution in [0.1, 0.15) is 52.9 Å². The summed E-state index contributed by atoms with van der Waals surface area (Å²) in [5, 5.41) is 0. The quantitative estimate of drug-likeness (QED) is 0.674. The predicted molar refractivity (Wildman–Crippen MR) is 76.5 cm³/mol. The third kappa shape index (κ3) is 5.39. The van der Waals surface area contributed by atoms with Crippen LogP contribution in [0.15, 0.2) is 0 Å². The molecule has 1 rings (SSSR count). The van der Waals surface area contributed by atoms with Gasteiger partial charge in [-0.1, -0.05) is 33.6 Å². The molecule has 0 saturated carbocycles. The highest BCUT2D eigenvalue weighted by Crippen LogP contribution is 2.33. The Labute approximate surface area is 108 Å². The molecule has 1 aliphatic heterocycles. The van der Waals surface area contributed by atoms with Crippen LogP contribution in [0.4, 0.5) is 0 Å². The van der Waals surface area contributed by atoms with E-state index < -0.39 is 0 Å². The largest absolute Gasteiger partial charge is 0.304 e. The average Bonchev–Trinajstić information content (AvgIpc) is 2.29. The Morgan fingerprint density at radius 1 is 0.882 bits per heavy atom. The number of nitrogens with zero attached hydrogens (tertiary/aromatic N) is 2. The van der Waals surface area contributed by atoms with E-state index in [0.717, 1.165) is 0 Å². The minimum atomic E-state index is 0.590. The fourth-order valence-corrected chi connectivity index (χ4v) is 3.08. The van der Waals surface area contributed by atoms with E-state index in [4.69, 9.17) is 0 Å². The van der Waals surface area contributed by atoms with Gasteiger partial charge in [0.25, 0.3) is 0 Å². The van der Waals surface area contributed by atoms with E-state index in [0.29, 0.717) is 5.41 Å². The second kappa shape index (κ2) is 7.38. The number of piperazine rings is 1. The third-order valence-corrected chi connectivity index (χ3v) is 4.33. The molecule has 1 saturated heterocycles. The number of hydrogen-bond donors (Lipinski definition) is 0. The van der Waals surface area contributed by atoms with Crippen molar-refractivity contribution < 1.29 is 0 Å². The van der Waals surface area contributed by atoms with Crippen molar-refractivity contribution in [3.63, 3.8) is 0 Å². The summed E-state index contributed by atoms with van der Waals surface area (Å²) in [6.07, 6.45) is 6.85. The molecule has 0 spiro atoms. The number of rotatable bonds is 7. The first-order chi connectivity index (χ1) is 8.09. The molecule has 17 heavy (non-hydrogen) atoms. The molecule has 0 N–H and O–H groups in total. The molecular formula is C15H32N2. The van der Waals surface area contributed by atoms with Crippen LogP contribution < -0.4 is 0 Å². The Balaban J connectivity index is 2.30. The van der Waals surface area contributed by atoms with Gasteiger partial charge in [0.1, 0.15) is 0 Å². The fraction of sp³-hybridized carbons (Fsp3) is 1.00. The highest BCUT2D eigenvalue weighted by molar-refractivity contribution is 4.77. The molecule has 0 aliphatic carbocycles. The monoisotopic (exact) mass is 240 g/mol. The van der Waals surface area contributed by atoms with Crippen LogP contribution in [0.3, 0.4) is 0 Å². The molecule has 0 unspecified atom stereocenters. The van der Waals surface area contributed by atoms with Gasteiger partial charge in [0, 0.05) is 26.2 Å². The van der Waals surface area contributed by atoms with Crippen molar-refractivity contribution in [2.24, 2.45) is 5.41 Å². The first-order valence-corrected chi connectivity index (χ1v) is 7.50. The molecule has 0 amide bonds. The van der Waals surface area contributed by atoms with Gasteiger partial charge in [-0.25, -0.2) is 0 Å². The van der Waals surface area contributed by atoms with Crippen LogP contribution >= 0.6 is 0 Å². The lowest BCUT2D eigenvalue weighted by molar-refractivity contribution is 0.126. The summed E-state index contributed by atoms with van der Waals surface area (Å²) in [5.41, 5.74) is 0.590. The van der Waals surface area contributed by atoms with Gasteiger partial charge in [-0.05, 0) is 38.3 Å². The Bertz CT molecular complexity index is 189. The standard InChI is InChI=1S/C15H32N2/c1-5-7-15(3,8-6-2)9-10-17-13-11-16(4)12-14-17/h5-14H2,1-4H3. The Morgan fingerprint density at radius 2 is 1.41 bits per heavy atom. The van der Waals surface area contributed by atoms with Crippen LogP contribution in [0.5, 0.6) is 0 Å². The molecule has 2 heteroatoms. The second-order valence-electron chi connectivity index (χ2n) is 6.21. The van der Waals surface area contributed by atoms with Crippen LogP contribution in [-0.4, -0.2) is 49.6 Å². The van der Waals surface area contributed by atoms with Gasteiger partial charge < -0.3 is 9.80 Å². The summed E-state index contributed by atoms with van der Waals surface area (Å²) < 4.78 is 0. The molecule has 1 aliphatic rings. The Kier molecular flexibility index (Phi) is 6.50. The van der Waals surface area contributed by atoms with E-state index in [1.165, 1.54) is 64.8 Å². The third-order valence-electron chi connectivity index (χ3n) is 4.33. The molecule has 1 fully saturated rings. The minimum absolute atomic E-state index is 0.590. The van der Waals surface area contributed by atoms with E-state index in [2.05, 4.69) is 37.6 Å². The van der Waals surface area contributed by atoms with Gasteiger partial charge in [0.2, 0.25) is 0 Å². The summed E-state index contributed by atoms with van der Waals surface area (Å²) in [4.78, 5) is 5.09. The van der Waals surface area contributed by atoms with Crippen LogP contribution in [0.2, 0.25) is 0 Å². The SMILES string of the molecule is CCCC(C)(CCC)CCN1CCN(C)CC1. The molecule has 0 bridgehead atoms. The zero-order valence-electron chi connectivity index (χ0n) is 12.5. The smallest absolute Gasteiger partial charge is 0.0110 e. The van der Waals surface area contributed by atoms with Crippen LogP contribution in [0.25, 0.3) is 0 Å². The number of hydrogen-bond acceptors (Lipinski definition) is 2. The van der Waals surface area contributed by atoms with Crippen molar-refractivity contribution in [2.45, 2.75) is 52.9 Å². The molecule has 0 aromatic rings. The zero-order valence-corrected chi connectivity index (χ0v) is 12.5. The van der Waals surface area contributed by atoms with Gasteiger partial charge in [-0.3, -0.25) is 0 Å². The molecule has 0 aromatic carbocycles. The summed E-state index contributed by atoms with van der Waals surface area (Å²) in [5.74, 6) is 0. The topological polar surface area (TPSA) is 6.48 Å². The first-order valence-electron chi connectivity index (χ1n) is 7.50. The van der Waals surface area contributed by atoms with Gasteiger partial charge >= 0.3 is 0 Å². The summed E-state index contributed by atoms with van der Waals surface area (Å²) >= 11 is 0. The van der Waals surface area contributed by atoms with Gasteiger partial charge in [-0.2, -0.15) is 0 Å². The second-order valence-corrected chi connectivity index (χ2v) is 6.21. The van der Waals surface area contributed by atoms with Crippen molar-refractivity contribution in [1.29, 1.82) is 0 Å². The maximum atomic E-state index is 2.66. The molecule has 0 aromatic heterocycles. The fourth-order valence-electron chi connectivity index (χ4n) is 3.08. The molecule has 1 heterocycles. The van der Waals surface area contributed by atoms with Crippen molar-refractivity contribution in [3.05, 3.63) is 0 Å². The van der Waals surface area contributed by atoms with Crippen molar-refractivity contribution in [3.8, 4) is 0 Å². The first kappa shape index (κ1) is 15.0. The van der Waals surface area contributed by atoms with E-state index in [1.54, 1.807) is 0 Å². The molecule has 2 nitrogen and oxygen atoms in total. The van der Waals surface area contributed by atoms with Crippen molar-refractivity contribution in [2.75, 3.05) is 39.8 Å².